The zero-order chi connectivity index (χ0) is 24.4. The molecular formula is C18H8F6O6S3. The van der Waals surface area contributed by atoms with Gasteiger partial charge in [0.15, 0.2) is 0 Å². The highest BCUT2D eigenvalue weighted by molar-refractivity contribution is 7.88. The van der Waals surface area contributed by atoms with Crippen molar-refractivity contribution in [1.29, 1.82) is 0 Å². The quantitative estimate of drug-likeness (QED) is 0.146. The lowest BCUT2D eigenvalue weighted by molar-refractivity contribution is -0.0504. The molecule has 0 unspecified atom stereocenters. The van der Waals surface area contributed by atoms with Crippen LogP contribution < -0.4 is 8.37 Å². The van der Waals surface area contributed by atoms with Gasteiger partial charge in [-0.2, -0.15) is 43.2 Å². The molecule has 0 N–H and O–H groups in total. The molecule has 0 saturated heterocycles. The van der Waals surface area contributed by atoms with Gasteiger partial charge in [-0.3, -0.25) is 0 Å². The van der Waals surface area contributed by atoms with Gasteiger partial charge in [0, 0.05) is 15.5 Å². The van der Waals surface area contributed by atoms with E-state index in [0.717, 1.165) is 24.3 Å². The monoisotopic (exact) mass is 530 g/mol. The standard InChI is InChI=1S/C18H8F6O6S3/c19-17(20,21)32(25,26)29-9-1-3-11-13-5-6-31-16(13)12-4-2-10(8-15(12)14(11)7-9)30-33(27,28)18(22,23)24/h1-8H. The fraction of sp³-hybridized carbons (Fsp3) is 0.111. The molecule has 0 aliphatic rings. The van der Waals surface area contributed by atoms with E-state index in [-0.39, 0.29) is 10.8 Å². The molecule has 0 atom stereocenters. The van der Waals surface area contributed by atoms with Crippen LogP contribution in [0.1, 0.15) is 0 Å². The van der Waals surface area contributed by atoms with E-state index in [0.29, 0.717) is 20.9 Å². The van der Waals surface area contributed by atoms with E-state index >= 15 is 0 Å². The second-order valence-electron chi connectivity index (χ2n) is 6.54. The molecule has 0 spiro atoms. The molecule has 0 aliphatic heterocycles. The highest BCUT2D eigenvalue weighted by atomic mass is 32.2. The van der Waals surface area contributed by atoms with Crippen LogP contribution in [-0.2, 0) is 20.2 Å². The fourth-order valence-electron chi connectivity index (χ4n) is 3.11. The zero-order valence-corrected chi connectivity index (χ0v) is 18.0. The number of alkyl halides is 6. The minimum atomic E-state index is -5.98. The predicted molar refractivity (Wildman–Crippen MR) is 108 cm³/mol. The first kappa shape index (κ1) is 23.4. The molecule has 0 bridgehead atoms. The molecular weight excluding hydrogens is 522 g/mol. The van der Waals surface area contributed by atoms with E-state index in [1.54, 1.807) is 11.4 Å². The van der Waals surface area contributed by atoms with E-state index in [1.807, 2.05) is 0 Å². The number of rotatable bonds is 4. The number of hydrogen-bond acceptors (Lipinski definition) is 7. The summed E-state index contributed by atoms with van der Waals surface area (Å²) in [4.78, 5) is 0. The Morgan fingerprint density at radius 2 is 1.03 bits per heavy atom. The average molecular weight is 530 g/mol. The van der Waals surface area contributed by atoms with Crippen molar-refractivity contribution in [3.8, 4) is 11.5 Å². The summed E-state index contributed by atoms with van der Waals surface area (Å²) in [5.41, 5.74) is -11.4. The Morgan fingerprint density at radius 1 is 0.606 bits per heavy atom. The van der Waals surface area contributed by atoms with Crippen molar-refractivity contribution < 1.29 is 51.5 Å². The first-order valence-corrected chi connectivity index (χ1v) is 12.2. The fourth-order valence-corrected chi connectivity index (χ4v) is 4.96. The molecule has 15 heteroatoms. The van der Waals surface area contributed by atoms with Gasteiger partial charge >= 0.3 is 31.3 Å². The van der Waals surface area contributed by atoms with Gasteiger partial charge in [-0.05, 0) is 64.0 Å². The van der Waals surface area contributed by atoms with Crippen LogP contribution in [0.4, 0.5) is 26.3 Å². The molecule has 0 saturated carbocycles. The summed E-state index contributed by atoms with van der Waals surface area (Å²) >= 11 is 1.26. The smallest absolute Gasteiger partial charge is 0.376 e. The van der Waals surface area contributed by atoms with Crippen molar-refractivity contribution in [2.45, 2.75) is 11.0 Å². The van der Waals surface area contributed by atoms with Crippen molar-refractivity contribution in [2.75, 3.05) is 0 Å². The number of halogens is 6. The Balaban J connectivity index is 1.96. The van der Waals surface area contributed by atoms with Crippen molar-refractivity contribution >= 4 is 63.2 Å². The Bertz CT molecular complexity index is 1500. The van der Waals surface area contributed by atoms with E-state index in [1.165, 1.54) is 23.5 Å². The summed E-state index contributed by atoms with van der Waals surface area (Å²) in [6, 6.07) is 8.16. The second kappa shape index (κ2) is 7.36. The van der Waals surface area contributed by atoms with E-state index in [4.69, 9.17) is 0 Å². The topological polar surface area (TPSA) is 86.7 Å². The number of hydrogen-bond donors (Lipinski definition) is 0. The molecule has 0 fully saturated rings. The van der Waals surface area contributed by atoms with Gasteiger partial charge in [0.2, 0.25) is 0 Å². The van der Waals surface area contributed by atoms with Crippen LogP contribution in [0.3, 0.4) is 0 Å². The van der Waals surface area contributed by atoms with Gasteiger partial charge in [0.25, 0.3) is 0 Å². The number of fused-ring (bicyclic) bond motifs is 6. The van der Waals surface area contributed by atoms with Crippen LogP contribution >= 0.6 is 11.3 Å². The summed E-state index contributed by atoms with van der Waals surface area (Å²) in [7, 11) is -12.0. The highest BCUT2D eigenvalue weighted by Crippen LogP contribution is 2.41. The molecule has 0 aliphatic carbocycles. The van der Waals surface area contributed by atoms with Gasteiger partial charge in [-0.25, -0.2) is 0 Å². The third-order valence-corrected chi connectivity index (χ3v) is 7.36. The van der Waals surface area contributed by atoms with Gasteiger partial charge < -0.3 is 8.37 Å². The van der Waals surface area contributed by atoms with Gasteiger partial charge in [0.1, 0.15) is 11.5 Å². The van der Waals surface area contributed by atoms with Crippen molar-refractivity contribution in [2.24, 2.45) is 0 Å². The van der Waals surface area contributed by atoms with Crippen molar-refractivity contribution in [1.82, 2.24) is 0 Å². The average Bonchev–Trinajstić information content (AvgIpc) is 3.15. The molecule has 6 nitrogen and oxygen atoms in total. The summed E-state index contributed by atoms with van der Waals surface area (Å²) < 4.78 is 130. The van der Waals surface area contributed by atoms with Gasteiger partial charge in [-0.1, -0.05) is 0 Å². The Morgan fingerprint density at radius 3 is 1.52 bits per heavy atom. The lowest BCUT2D eigenvalue weighted by atomic mass is 9.98. The molecule has 33 heavy (non-hydrogen) atoms. The second-order valence-corrected chi connectivity index (χ2v) is 10.5. The van der Waals surface area contributed by atoms with Gasteiger partial charge in [-0.15, -0.1) is 11.3 Å². The van der Waals surface area contributed by atoms with Crippen LogP contribution in [0.15, 0.2) is 47.8 Å². The van der Waals surface area contributed by atoms with Crippen LogP contribution in [-0.4, -0.2) is 27.9 Å². The van der Waals surface area contributed by atoms with E-state index in [9.17, 15) is 43.2 Å². The minimum Gasteiger partial charge on any atom is -0.376 e. The zero-order valence-electron chi connectivity index (χ0n) is 15.6. The molecule has 1 aromatic heterocycles. The van der Waals surface area contributed by atoms with Crippen LogP contribution in [0.25, 0.3) is 31.6 Å². The summed E-state index contributed by atoms with van der Waals surface area (Å²) in [5, 5.41) is 3.35. The molecule has 0 amide bonds. The van der Waals surface area contributed by atoms with E-state index < -0.39 is 42.8 Å². The Labute approximate surface area is 185 Å². The molecule has 4 aromatic rings. The maximum atomic E-state index is 12.7. The lowest BCUT2D eigenvalue weighted by Crippen LogP contribution is -2.28. The Hall–Kier alpha value is -2.78. The summed E-state index contributed by atoms with van der Waals surface area (Å²) in [6.07, 6.45) is 0. The molecule has 4 rings (SSSR count). The highest BCUT2D eigenvalue weighted by Gasteiger charge is 2.49. The normalized spacial score (nSPS) is 13.6. The predicted octanol–water partition coefficient (Wildman–Crippen LogP) is 5.66. The number of thiophene rings is 1. The Kier molecular flexibility index (Phi) is 5.22. The van der Waals surface area contributed by atoms with Crippen molar-refractivity contribution in [3.63, 3.8) is 0 Å². The maximum absolute atomic E-state index is 12.7. The van der Waals surface area contributed by atoms with E-state index in [2.05, 4.69) is 8.37 Å². The largest absolute Gasteiger partial charge is 0.534 e. The van der Waals surface area contributed by atoms with Crippen LogP contribution in [0.2, 0.25) is 0 Å². The van der Waals surface area contributed by atoms with Crippen LogP contribution in [0, 0.1) is 0 Å². The summed E-state index contributed by atoms with van der Waals surface area (Å²) in [6.45, 7) is 0. The first-order valence-electron chi connectivity index (χ1n) is 8.49. The van der Waals surface area contributed by atoms with Gasteiger partial charge in [0.05, 0.1) is 0 Å². The SMILES string of the molecule is O=S(=O)(Oc1ccc2c(c1)c1cc(OS(=O)(=O)C(F)(F)F)ccc1c1sccc21)C(F)(F)F. The molecule has 1 heterocycles. The van der Waals surface area contributed by atoms with Crippen LogP contribution in [0.5, 0.6) is 11.5 Å². The maximum Gasteiger partial charge on any atom is 0.534 e. The number of benzene rings is 3. The van der Waals surface area contributed by atoms with Crippen molar-refractivity contribution in [3.05, 3.63) is 47.8 Å². The molecule has 3 aromatic carbocycles. The lowest BCUT2D eigenvalue weighted by Gasteiger charge is -2.13. The molecule has 176 valence electrons. The summed E-state index contributed by atoms with van der Waals surface area (Å²) in [5.74, 6) is -1.41. The first-order chi connectivity index (χ1) is 15.1. The minimum absolute atomic E-state index is 0.0978. The third-order valence-electron chi connectivity index (χ3n) is 4.45. The third kappa shape index (κ3) is 4.04. The molecule has 0 radical (unpaired) electrons.